The van der Waals surface area contributed by atoms with Gasteiger partial charge in [0, 0.05) is 51.0 Å². The number of likely N-dealkylation sites (tertiary alicyclic amines) is 1. The van der Waals surface area contributed by atoms with Crippen LogP contribution >= 0.6 is 24.0 Å². The summed E-state index contributed by atoms with van der Waals surface area (Å²) in [6, 6.07) is 21.6. The maximum atomic E-state index is 13.1. The van der Waals surface area contributed by atoms with E-state index in [2.05, 4.69) is 49.8 Å². The van der Waals surface area contributed by atoms with Crippen molar-refractivity contribution in [3.8, 4) is 11.3 Å². The molecule has 1 saturated heterocycles. The van der Waals surface area contributed by atoms with E-state index in [1.807, 2.05) is 43.6 Å². The minimum atomic E-state index is -0.181. The molecule has 1 aliphatic rings. The largest absolute Gasteiger partial charge is 0.354 e. The van der Waals surface area contributed by atoms with Gasteiger partial charge >= 0.3 is 0 Å². The molecule has 0 atom stereocenters. The highest BCUT2D eigenvalue weighted by atomic mass is 127. The van der Waals surface area contributed by atoms with Crippen LogP contribution in [-0.2, 0) is 13.1 Å². The molecule has 0 radical (unpaired) electrons. The van der Waals surface area contributed by atoms with E-state index in [0.29, 0.717) is 12.6 Å². The number of guanidine groups is 1. The van der Waals surface area contributed by atoms with Gasteiger partial charge in [-0.2, -0.15) is 0 Å². The van der Waals surface area contributed by atoms with Gasteiger partial charge in [0.2, 0.25) is 0 Å². The minimum absolute atomic E-state index is 0. The van der Waals surface area contributed by atoms with Gasteiger partial charge in [-0.05, 0) is 54.3 Å². The summed E-state index contributed by atoms with van der Waals surface area (Å²) in [5, 5.41) is 7.00. The first-order chi connectivity index (χ1) is 15.7. The van der Waals surface area contributed by atoms with Crippen LogP contribution in [0.15, 0.2) is 77.9 Å². The van der Waals surface area contributed by atoms with Crippen molar-refractivity contribution < 1.29 is 4.39 Å². The Bertz CT molecular complexity index is 1020. The van der Waals surface area contributed by atoms with Gasteiger partial charge in [0.1, 0.15) is 5.82 Å². The van der Waals surface area contributed by atoms with Crippen LogP contribution in [0.3, 0.4) is 0 Å². The Hall–Kier alpha value is -2.52. The molecule has 0 bridgehead atoms. The smallest absolute Gasteiger partial charge is 0.191 e. The second-order valence-electron chi connectivity index (χ2n) is 8.16. The number of rotatable bonds is 6. The molecule has 1 aliphatic heterocycles. The van der Waals surface area contributed by atoms with E-state index in [1.54, 1.807) is 0 Å². The van der Waals surface area contributed by atoms with Crippen LogP contribution < -0.4 is 10.6 Å². The summed E-state index contributed by atoms with van der Waals surface area (Å²) in [5.41, 5.74) is 4.43. The molecular weight excluding hydrogens is 528 g/mol. The average molecular weight is 559 g/mol. The fourth-order valence-corrected chi connectivity index (χ4v) is 4.03. The molecule has 0 amide bonds. The van der Waals surface area contributed by atoms with Gasteiger partial charge in [-0.15, -0.1) is 24.0 Å². The van der Waals surface area contributed by atoms with Crippen LogP contribution in [0.2, 0.25) is 0 Å². The number of hydrogen-bond donors (Lipinski definition) is 2. The first-order valence-electron chi connectivity index (χ1n) is 11.1. The van der Waals surface area contributed by atoms with Gasteiger partial charge in [-0.3, -0.25) is 14.9 Å². The van der Waals surface area contributed by atoms with Crippen molar-refractivity contribution in [3.05, 3.63) is 89.9 Å². The third-order valence-corrected chi connectivity index (χ3v) is 5.82. The topological polar surface area (TPSA) is 52.6 Å². The van der Waals surface area contributed by atoms with E-state index >= 15 is 0 Å². The Morgan fingerprint density at radius 1 is 1.03 bits per heavy atom. The fourth-order valence-electron chi connectivity index (χ4n) is 4.03. The highest BCUT2D eigenvalue weighted by molar-refractivity contribution is 14.0. The standard InChI is InChI=1S/C26H30FN5.HI/c1-28-26(30-18-21-5-4-6-22(17-21)25-7-2-3-14-29-25)31-24-12-15-32(16-13-24)19-20-8-10-23(27)11-9-20;/h2-11,14,17,24H,12-13,15-16,18-19H2,1H3,(H2,28,30,31);1H. The molecule has 3 aromatic rings. The van der Waals surface area contributed by atoms with Crippen molar-refractivity contribution in [2.75, 3.05) is 20.1 Å². The number of benzene rings is 2. The number of aromatic nitrogens is 1. The monoisotopic (exact) mass is 559 g/mol. The molecule has 0 saturated carbocycles. The molecule has 0 aliphatic carbocycles. The van der Waals surface area contributed by atoms with E-state index in [4.69, 9.17) is 0 Å². The van der Waals surface area contributed by atoms with E-state index in [0.717, 1.165) is 55.3 Å². The second kappa shape index (κ2) is 12.6. The molecule has 4 rings (SSSR count). The molecular formula is C26H31FIN5. The summed E-state index contributed by atoms with van der Waals surface area (Å²) in [7, 11) is 1.81. The summed E-state index contributed by atoms with van der Waals surface area (Å²) in [5.74, 6) is 0.643. The second-order valence-corrected chi connectivity index (χ2v) is 8.16. The van der Waals surface area contributed by atoms with Crippen molar-refractivity contribution in [1.82, 2.24) is 20.5 Å². The van der Waals surface area contributed by atoms with Crippen molar-refractivity contribution in [2.24, 2.45) is 4.99 Å². The third-order valence-electron chi connectivity index (χ3n) is 5.82. The molecule has 7 heteroatoms. The first kappa shape index (κ1) is 25.1. The molecule has 1 fully saturated rings. The summed E-state index contributed by atoms with van der Waals surface area (Å²) in [4.78, 5) is 11.3. The zero-order valence-electron chi connectivity index (χ0n) is 18.9. The maximum Gasteiger partial charge on any atom is 0.191 e. The van der Waals surface area contributed by atoms with E-state index in [9.17, 15) is 4.39 Å². The molecule has 2 N–H and O–H groups in total. The van der Waals surface area contributed by atoms with Crippen LogP contribution in [0.5, 0.6) is 0 Å². The number of aliphatic imine (C=N–C) groups is 1. The van der Waals surface area contributed by atoms with Gasteiger partial charge in [0.05, 0.1) is 5.69 Å². The average Bonchev–Trinajstić information content (AvgIpc) is 2.85. The van der Waals surface area contributed by atoms with E-state index < -0.39 is 0 Å². The molecule has 0 unspecified atom stereocenters. The maximum absolute atomic E-state index is 13.1. The van der Waals surface area contributed by atoms with Crippen LogP contribution in [0.1, 0.15) is 24.0 Å². The van der Waals surface area contributed by atoms with Crippen molar-refractivity contribution in [3.63, 3.8) is 0 Å². The Morgan fingerprint density at radius 2 is 1.82 bits per heavy atom. The van der Waals surface area contributed by atoms with E-state index in [1.165, 1.54) is 17.7 Å². The summed E-state index contributed by atoms with van der Waals surface area (Å²) in [6.07, 6.45) is 3.92. The number of piperidine rings is 1. The zero-order chi connectivity index (χ0) is 22.2. The number of hydrogen-bond acceptors (Lipinski definition) is 3. The number of nitrogens with zero attached hydrogens (tertiary/aromatic N) is 3. The lowest BCUT2D eigenvalue weighted by Crippen LogP contribution is -2.48. The van der Waals surface area contributed by atoms with Gasteiger partial charge in [0.25, 0.3) is 0 Å². The number of halogens is 2. The predicted molar refractivity (Wildman–Crippen MR) is 143 cm³/mol. The van der Waals surface area contributed by atoms with Gasteiger partial charge in [-0.1, -0.05) is 36.4 Å². The van der Waals surface area contributed by atoms with Crippen LogP contribution in [0, 0.1) is 5.82 Å². The summed E-state index contributed by atoms with van der Waals surface area (Å²) in [6.45, 7) is 3.59. The van der Waals surface area contributed by atoms with Gasteiger partial charge < -0.3 is 10.6 Å². The van der Waals surface area contributed by atoms with Gasteiger partial charge in [-0.25, -0.2) is 4.39 Å². The lowest BCUT2D eigenvalue weighted by Gasteiger charge is -2.33. The molecule has 2 heterocycles. The Kier molecular flexibility index (Phi) is 9.62. The molecule has 0 spiro atoms. The Morgan fingerprint density at radius 3 is 2.52 bits per heavy atom. The molecule has 1 aromatic heterocycles. The first-order valence-corrected chi connectivity index (χ1v) is 11.1. The molecule has 33 heavy (non-hydrogen) atoms. The van der Waals surface area contributed by atoms with Crippen LogP contribution in [0.25, 0.3) is 11.3 Å². The quantitative estimate of drug-likeness (QED) is 0.258. The lowest BCUT2D eigenvalue weighted by atomic mass is 10.0. The number of nitrogens with one attached hydrogen (secondary N) is 2. The molecule has 174 valence electrons. The SMILES string of the molecule is CN=C(NCc1cccc(-c2ccccn2)c1)NC1CCN(Cc2ccc(F)cc2)CC1.I. The van der Waals surface area contributed by atoms with Gasteiger partial charge in [0.15, 0.2) is 5.96 Å². The van der Waals surface area contributed by atoms with Crippen molar-refractivity contribution in [1.29, 1.82) is 0 Å². The normalized spacial score (nSPS) is 15.0. The summed E-state index contributed by atoms with van der Waals surface area (Å²) < 4.78 is 13.1. The highest BCUT2D eigenvalue weighted by Gasteiger charge is 2.20. The Labute approximate surface area is 212 Å². The highest BCUT2D eigenvalue weighted by Crippen LogP contribution is 2.18. The van der Waals surface area contributed by atoms with Crippen LogP contribution in [0.4, 0.5) is 4.39 Å². The zero-order valence-corrected chi connectivity index (χ0v) is 21.2. The minimum Gasteiger partial charge on any atom is -0.354 e. The predicted octanol–water partition coefficient (Wildman–Crippen LogP) is 4.84. The number of pyridine rings is 1. The van der Waals surface area contributed by atoms with Crippen LogP contribution in [-0.4, -0.2) is 42.0 Å². The third kappa shape index (κ3) is 7.50. The summed E-state index contributed by atoms with van der Waals surface area (Å²) >= 11 is 0. The lowest BCUT2D eigenvalue weighted by molar-refractivity contribution is 0.198. The molecule has 5 nitrogen and oxygen atoms in total. The van der Waals surface area contributed by atoms with Crippen molar-refractivity contribution in [2.45, 2.75) is 32.0 Å². The Balaban J connectivity index is 0.00000306. The fraction of sp³-hybridized carbons (Fsp3) is 0.308. The van der Waals surface area contributed by atoms with Crippen molar-refractivity contribution >= 4 is 29.9 Å². The van der Waals surface area contributed by atoms with E-state index in [-0.39, 0.29) is 29.8 Å². The molecule has 2 aromatic carbocycles.